The summed E-state index contributed by atoms with van der Waals surface area (Å²) < 4.78 is 57.9. The van der Waals surface area contributed by atoms with Crippen LogP contribution in [-0.4, -0.2) is 65.1 Å². The summed E-state index contributed by atoms with van der Waals surface area (Å²) in [6.07, 6.45) is 0.839. The molecule has 3 rings (SSSR count). The molecule has 0 saturated heterocycles. The third-order valence-electron chi connectivity index (χ3n) is 5.10. The van der Waals surface area contributed by atoms with Crippen LogP contribution in [0.4, 0.5) is 0 Å². The molecule has 0 atom stereocenters. The Morgan fingerprint density at radius 1 is 0.698 bits per heavy atom. The van der Waals surface area contributed by atoms with Gasteiger partial charge >= 0.3 is 26.2 Å². The molecule has 234 valence electrons. The van der Waals surface area contributed by atoms with Gasteiger partial charge in [-0.2, -0.15) is 0 Å². The molecule has 3 aromatic rings. The van der Waals surface area contributed by atoms with Gasteiger partial charge in [-0.05, 0) is 63.3 Å². The van der Waals surface area contributed by atoms with Gasteiger partial charge in [0.1, 0.15) is 20.0 Å². The van der Waals surface area contributed by atoms with Crippen molar-refractivity contribution in [2.75, 3.05) is 26.2 Å². The fourth-order valence-electron chi connectivity index (χ4n) is 3.17. The molecule has 0 spiro atoms. The number of aryl methyl sites for hydroxylation is 2. The fraction of sp³-hybridized carbons (Fsp3) is 0.433. The van der Waals surface area contributed by atoms with Crippen LogP contribution in [0.15, 0.2) is 82.7 Å². The molecule has 0 N–H and O–H groups in total. The summed E-state index contributed by atoms with van der Waals surface area (Å²) in [6.45, 7) is 11.3. The summed E-state index contributed by atoms with van der Waals surface area (Å²) in [5.74, 6) is 0. The zero-order chi connectivity index (χ0) is 31.8. The van der Waals surface area contributed by atoms with Crippen LogP contribution in [0, 0.1) is 13.8 Å². The van der Waals surface area contributed by atoms with Crippen molar-refractivity contribution in [3.8, 4) is 0 Å². The zero-order valence-electron chi connectivity index (χ0n) is 25.7. The second kappa shape index (κ2) is 21.0. The number of benzene rings is 2. The van der Waals surface area contributed by atoms with Crippen LogP contribution in [-0.2, 0) is 52.8 Å². The Balaban J connectivity index is 0.00000174. The Bertz CT molecular complexity index is 1280. The van der Waals surface area contributed by atoms with Crippen molar-refractivity contribution in [1.29, 1.82) is 0 Å². The first-order valence-electron chi connectivity index (χ1n) is 13.6. The first kappa shape index (κ1) is 41.2. The second-order valence-electron chi connectivity index (χ2n) is 9.98. The van der Waals surface area contributed by atoms with Crippen LogP contribution >= 0.6 is 0 Å². The first-order chi connectivity index (χ1) is 19.6. The van der Waals surface area contributed by atoms with Crippen LogP contribution in [0.3, 0.4) is 0 Å². The molecule has 43 heavy (non-hydrogen) atoms. The van der Waals surface area contributed by atoms with Crippen LogP contribution in [0.2, 0.25) is 0 Å². The Labute approximate surface area is 277 Å². The Hall–Kier alpha value is -1.83. The molecule has 13 heteroatoms. The largest absolute Gasteiger partial charge is 4.00 e. The molecule has 0 unspecified atom stereocenters. The van der Waals surface area contributed by atoms with Gasteiger partial charge in [-0.1, -0.05) is 69.2 Å². The van der Waals surface area contributed by atoms with E-state index in [9.17, 15) is 27.0 Å². The van der Waals surface area contributed by atoms with Crippen molar-refractivity contribution in [2.24, 2.45) is 0 Å². The third kappa shape index (κ3) is 18.6. The molecule has 0 saturated carbocycles. The number of nitrogens with zero attached hydrogens (tertiary/aromatic N) is 4. The Kier molecular flexibility index (Phi) is 20.1. The van der Waals surface area contributed by atoms with Crippen molar-refractivity contribution in [2.45, 2.75) is 70.1 Å². The van der Waals surface area contributed by atoms with Gasteiger partial charge in [-0.15, -0.1) is 25.3 Å². The Morgan fingerprint density at radius 2 is 1.07 bits per heavy atom. The van der Waals surface area contributed by atoms with Gasteiger partial charge in [0, 0.05) is 22.5 Å². The summed E-state index contributed by atoms with van der Waals surface area (Å²) in [7, 11) is -7.53. The average molecular weight is 710 g/mol. The second-order valence-corrected chi connectivity index (χ2v) is 13.3. The molecule has 0 bridgehead atoms. The van der Waals surface area contributed by atoms with Crippen LogP contribution in [0.1, 0.15) is 44.5 Å². The van der Waals surface area contributed by atoms with Gasteiger partial charge in [-0.25, -0.2) is 16.8 Å². The summed E-state index contributed by atoms with van der Waals surface area (Å²) in [6, 6.07) is 18.6. The summed E-state index contributed by atoms with van der Waals surface area (Å²) in [5.41, 5.74) is 2.71. The van der Waals surface area contributed by atoms with E-state index in [-0.39, 0.29) is 49.1 Å². The van der Waals surface area contributed by atoms with E-state index in [0.29, 0.717) is 19.6 Å². The molecule has 10 nitrogen and oxygen atoms in total. The van der Waals surface area contributed by atoms with Crippen molar-refractivity contribution in [3.05, 3.63) is 99.2 Å². The maximum absolute atomic E-state index is 12.5. The molecule has 0 amide bonds. The molecular formula is C30H42N4O6S2Zr. The standard InChI is InChI=1S/C24H28N4O4S2.2C3H7O.Zr/c1-20-6-10-23(11-7-20)33(29,30)26-15-17-28(19-22-5-3-4-14-25-22)18-16-27-34(31,32)24-12-8-21(2)9-13-24;2*1-3(2)4;/h3-14H,15-19H2,1-2H3;2*3H,1-2H3;/q-2;2*-1;+4. The van der Waals surface area contributed by atoms with Crippen molar-refractivity contribution >= 4 is 20.0 Å². The molecule has 0 aliphatic heterocycles. The molecule has 0 aliphatic carbocycles. The zero-order valence-corrected chi connectivity index (χ0v) is 29.8. The predicted molar refractivity (Wildman–Crippen MR) is 163 cm³/mol. The summed E-state index contributed by atoms with van der Waals surface area (Å²) in [5, 5.41) is 19.1. The first-order valence-corrected chi connectivity index (χ1v) is 16.4. The number of aromatic nitrogens is 1. The van der Waals surface area contributed by atoms with Crippen molar-refractivity contribution in [3.63, 3.8) is 0 Å². The predicted octanol–water partition coefficient (Wildman–Crippen LogP) is 3.53. The molecule has 0 fully saturated rings. The minimum atomic E-state index is -3.77. The number of sulfonamides is 2. The van der Waals surface area contributed by atoms with Crippen LogP contribution in [0.5, 0.6) is 0 Å². The molecular weight excluding hydrogens is 668 g/mol. The topological polar surface area (TPSA) is 159 Å². The number of pyridine rings is 1. The fourth-order valence-corrected chi connectivity index (χ4v) is 5.07. The van der Waals surface area contributed by atoms with Crippen LogP contribution in [0.25, 0.3) is 9.44 Å². The number of hydrogen-bond acceptors (Lipinski definition) is 8. The number of hydrogen-bond donors (Lipinski definition) is 0. The minimum absolute atomic E-state index is 0. The van der Waals surface area contributed by atoms with E-state index in [2.05, 4.69) is 14.4 Å². The van der Waals surface area contributed by atoms with Crippen molar-refractivity contribution < 1.29 is 53.3 Å². The summed E-state index contributed by atoms with van der Waals surface area (Å²) >= 11 is 0. The minimum Gasteiger partial charge on any atom is -0.852 e. The van der Waals surface area contributed by atoms with Crippen LogP contribution < -0.4 is 10.2 Å². The van der Waals surface area contributed by atoms with Gasteiger partial charge in [0.15, 0.2) is 0 Å². The maximum atomic E-state index is 12.5. The third-order valence-corrected chi connectivity index (χ3v) is 7.89. The quantitative estimate of drug-likeness (QED) is 0.276. The smallest absolute Gasteiger partial charge is 0.852 e. The number of rotatable bonds is 12. The van der Waals surface area contributed by atoms with E-state index < -0.39 is 32.3 Å². The molecule has 1 heterocycles. The summed E-state index contributed by atoms with van der Waals surface area (Å²) in [4.78, 5) is 6.49. The SMILES string of the molecule is CC(C)[O-].CC(C)[O-].Cc1ccc(S(=O)(=O)[N-]CCN(CC[N-]S(=O)(=O)c2ccc(C)cc2)Cc2ccccn2)cc1.[Zr+4]. The monoisotopic (exact) mass is 708 g/mol. The van der Waals surface area contributed by atoms with Gasteiger partial charge in [0.2, 0.25) is 0 Å². The van der Waals surface area contributed by atoms with Gasteiger partial charge in [-0.3, -0.25) is 4.98 Å². The Morgan fingerprint density at radius 3 is 1.40 bits per heavy atom. The molecule has 1 aromatic heterocycles. The van der Waals surface area contributed by atoms with E-state index in [1.54, 1.807) is 64.2 Å². The molecule has 0 aliphatic rings. The van der Waals surface area contributed by atoms with Gasteiger partial charge < -0.3 is 24.6 Å². The van der Waals surface area contributed by atoms with Gasteiger partial charge in [0.05, 0.1) is 5.69 Å². The van der Waals surface area contributed by atoms with Crippen molar-refractivity contribution in [1.82, 2.24) is 9.88 Å². The normalized spacial score (nSPS) is 11.3. The molecule has 0 radical (unpaired) electrons. The average Bonchev–Trinajstić information content (AvgIpc) is 2.89. The van der Waals surface area contributed by atoms with E-state index in [4.69, 9.17) is 0 Å². The van der Waals surface area contributed by atoms with E-state index in [0.717, 1.165) is 16.8 Å². The maximum Gasteiger partial charge on any atom is 4.00 e. The van der Waals surface area contributed by atoms with E-state index in [1.807, 2.05) is 30.9 Å². The van der Waals surface area contributed by atoms with Gasteiger partial charge in [0.25, 0.3) is 0 Å². The molecule has 2 aromatic carbocycles. The van der Waals surface area contributed by atoms with E-state index in [1.165, 1.54) is 24.3 Å². The van der Waals surface area contributed by atoms with E-state index >= 15 is 0 Å².